The van der Waals surface area contributed by atoms with Crippen molar-refractivity contribution in [2.45, 2.75) is 13.5 Å². The van der Waals surface area contributed by atoms with Gasteiger partial charge in [-0.05, 0) is 36.8 Å². The molecule has 3 aromatic rings. The molecule has 0 aliphatic heterocycles. The van der Waals surface area contributed by atoms with Gasteiger partial charge in [-0.3, -0.25) is 4.79 Å². The number of carbonyl (C=O) groups is 1. The van der Waals surface area contributed by atoms with Crippen molar-refractivity contribution in [1.29, 1.82) is 0 Å². The molecule has 0 saturated heterocycles. The Labute approximate surface area is 151 Å². The molecule has 3 rings (SSSR count). The third kappa shape index (κ3) is 4.11. The first-order chi connectivity index (χ1) is 12.8. The molecular formula is C19H13F4NO3. The van der Waals surface area contributed by atoms with Crippen molar-refractivity contribution in [3.05, 3.63) is 82.8 Å². The first-order valence-corrected chi connectivity index (χ1v) is 7.77. The maximum atomic E-state index is 13.6. The van der Waals surface area contributed by atoms with Crippen molar-refractivity contribution in [3.63, 3.8) is 0 Å². The second kappa shape index (κ2) is 7.53. The summed E-state index contributed by atoms with van der Waals surface area (Å²) in [7, 11) is 0. The molecule has 1 N–H and O–H groups in total. The van der Waals surface area contributed by atoms with Gasteiger partial charge in [0.15, 0.2) is 29.0 Å². The van der Waals surface area contributed by atoms with Crippen molar-refractivity contribution in [2.24, 2.45) is 0 Å². The van der Waals surface area contributed by atoms with E-state index in [9.17, 15) is 22.4 Å². The topological polar surface area (TPSA) is 51.5 Å². The third-order valence-electron chi connectivity index (χ3n) is 3.61. The van der Waals surface area contributed by atoms with Gasteiger partial charge in [-0.25, -0.2) is 17.6 Å². The summed E-state index contributed by atoms with van der Waals surface area (Å²) < 4.78 is 64.4. The first-order valence-electron chi connectivity index (χ1n) is 7.77. The Balaban J connectivity index is 1.70. The maximum Gasteiger partial charge on any atom is 0.291 e. The van der Waals surface area contributed by atoms with Crippen molar-refractivity contribution in [3.8, 4) is 5.75 Å². The van der Waals surface area contributed by atoms with E-state index in [2.05, 4.69) is 0 Å². The van der Waals surface area contributed by atoms with Gasteiger partial charge in [-0.1, -0.05) is 12.1 Å². The highest BCUT2D eigenvalue weighted by Crippen LogP contribution is 2.25. The van der Waals surface area contributed by atoms with Crippen molar-refractivity contribution in [1.82, 2.24) is 0 Å². The van der Waals surface area contributed by atoms with Crippen LogP contribution in [0.5, 0.6) is 5.75 Å². The number of halogens is 4. The van der Waals surface area contributed by atoms with E-state index in [-0.39, 0.29) is 24.2 Å². The van der Waals surface area contributed by atoms with Gasteiger partial charge in [0.05, 0.1) is 0 Å². The van der Waals surface area contributed by atoms with Gasteiger partial charge < -0.3 is 14.5 Å². The molecule has 0 spiro atoms. The Kier molecular flexibility index (Phi) is 5.16. The molecule has 1 heterocycles. The van der Waals surface area contributed by atoms with E-state index in [1.54, 1.807) is 17.4 Å². The molecule has 140 valence electrons. The summed E-state index contributed by atoms with van der Waals surface area (Å²) in [5.41, 5.74) is -0.232. The molecule has 8 heteroatoms. The number of nitrogens with one attached hydrogen (secondary N) is 1. The summed E-state index contributed by atoms with van der Waals surface area (Å²) in [6, 6.07) is 9.99. The molecule has 0 fully saturated rings. The molecule has 4 nitrogen and oxygen atoms in total. The van der Waals surface area contributed by atoms with Crippen LogP contribution in [0, 0.1) is 30.2 Å². The molecule has 27 heavy (non-hydrogen) atoms. The number of hydrogen-bond acceptors (Lipinski definition) is 3. The summed E-state index contributed by atoms with van der Waals surface area (Å²) >= 11 is 0. The Morgan fingerprint density at radius 1 is 1.04 bits per heavy atom. The number of anilines is 1. The number of hydrogen-bond donors (Lipinski definition) is 1. The number of aryl methyl sites for hydroxylation is 1. The van der Waals surface area contributed by atoms with E-state index in [4.69, 9.17) is 9.15 Å². The van der Waals surface area contributed by atoms with Crippen LogP contribution in [0.1, 0.15) is 21.9 Å². The van der Waals surface area contributed by atoms with Crippen molar-refractivity contribution < 1.29 is 31.5 Å². The monoisotopic (exact) mass is 379 g/mol. The standard InChI is InChI=1S/C19H13F4NO3/c1-10-3-2-4-11(7-10)26-9-12-5-6-15(27-12)19(25)24-18-16(22)13(20)8-14(21)17(18)23/h2-8H,9H2,1H3,(H,24,25). The van der Waals surface area contributed by atoms with E-state index in [0.717, 1.165) is 5.56 Å². The molecule has 0 atom stereocenters. The summed E-state index contributed by atoms with van der Waals surface area (Å²) in [5.74, 6) is -7.19. The Hall–Kier alpha value is -3.29. The minimum absolute atomic E-state index is 0.00798. The van der Waals surface area contributed by atoms with Gasteiger partial charge >= 0.3 is 0 Å². The predicted octanol–water partition coefficient (Wildman–Crippen LogP) is 4.98. The quantitative estimate of drug-likeness (QED) is 0.503. The highest BCUT2D eigenvalue weighted by atomic mass is 19.2. The number of furan rings is 1. The van der Waals surface area contributed by atoms with Crippen LogP contribution in [-0.2, 0) is 6.61 Å². The number of amides is 1. The number of rotatable bonds is 5. The fraction of sp³-hybridized carbons (Fsp3) is 0.105. The van der Waals surface area contributed by atoms with E-state index < -0.39 is 34.9 Å². The molecule has 0 unspecified atom stereocenters. The number of carbonyl (C=O) groups excluding carboxylic acids is 1. The van der Waals surface area contributed by atoms with E-state index >= 15 is 0 Å². The van der Waals surface area contributed by atoms with E-state index in [1.807, 2.05) is 19.1 Å². The smallest absolute Gasteiger partial charge is 0.291 e. The lowest BCUT2D eigenvalue weighted by atomic mass is 10.2. The predicted molar refractivity (Wildman–Crippen MR) is 88.4 cm³/mol. The van der Waals surface area contributed by atoms with Gasteiger partial charge in [0.2, 0.25) is 0 Å². The lowest BCUT2D eigenvalue weighted by Gasteiger charge is -2.08. The average Bonchev–Trinajstić information content (AvgIpc) is 3.11. The van der Waals surface area contributed by atoms with Crippen LogP contribution >= 0.6 is 0 Å². The maximum absolute atomic E-state index is 13.6. The van der Waals surface area contributed by atoms with Crippen LogP contribution in [-0.4, -0.2) is 5.91 Å². The minimum Gasteiger partial charge on any atom is -0.486 e. The summed E-state index contributed by atoms with van der Waals surface area (Å²) in [5, 5.41) is 1.77. The molecule has 1 aromatic heterocycles. The highest BCUT2D eigenvalue weighted by molar-refractivity contribution is 6.02. The highest BCUT2D eigenvalue weighted by Gasteiger charge is 2.22. The van der Waals surface area contributed by atoms with Crippen LogP contribution in [0.4, 0.5) is 23.2 Å². The minimum atomic E-state index is -1.71. The summed E-state index contributed by atoms with van der Waals surface area (Å²) in [6.07, 6.45) is 0. The van der Waals surface area contributed by atoms with Crippen LogP contribution in [0.3, 0.4) is 0 Å². The second-order valence-electron chi connectivity index (χ2n) is 5.67. The number of benzene rings is 2. The SMILES string of the molecule is Cc1cccc(OCc2ccc(C(=O)Nc3c(F)c(F)cc(F)c3F)o2)c1. The average molecular weight is 379 g/mol. The lowest BCUT2D eigenvalue weighted by Crippen LogP contribution is -2.15. The van der Waals surface area contributed by atoms with Gasteiger partial charge in [-0.15, -0.1) is 0 Å². The Morgan fingerprint density at radius 3 is 2.41 bits per heavy atom. The Bertz CT molecular complexity index is 974. The van der Waals surface area contributed by atoms with Crippen LogP contribution in [0.25, 0.3) is 0 Å². The number of ether oxygens (including phenoxy) is 1. The second-order valence-corrected chi connectivity index (χ2v) is 5.67. The summed E-state index contributed by atoms with van der Waals surface area (Å²) in [4.78, 5) is 12.0. The van der Waals surface area contributed by atoms with Crippen LogP contribution < -0.4 is 10.1 Å². The zero-order chi connectivity index (χ0) is 19.6. The van der Waals surface area contributed by atoms with Crippen LogP contribution in [0.15, 0.2) is 46.9 Å². The van der Waals surface area contributed by atoms with Crippen molar-refractivity contribution in [2.75, 3.05) is 5.32 Å². The zero-order valence-corrected chi connectivity index (χ0v) is 14.0. The fourth-order valence-corrected chi connectivity index (χ4v) is 2.30. The molecular weight excluding hydrogens is 366 g/mol. The molecule has 0 saturated carbocycles. The van der Waals surface area contributed by atoms with Gasteiger partial charge in [0, 0.05) is 6.07 Å². The van der Waals surface area contributed by atoms with E-state index in [1.165, 1.54) is 12.1 Å². The molecule has 2 aromatic carbocycles. The first kappa shape index (κ1) is 18.5. The van der Waals surface area contributed by atoms with Gasteiger partial charge in [0.25, 0.3) is 5.91 Å². The van der Waals surface area contributed by atoms with Crippen molar-refractivity contribution >= 4 is 11.6 Å². The third-order valence-corrected chi connectivity index (χ3v) is 3.61. The normalized spacial score (nSPS) is 10.7. The molecule has 0 aliphatic rings. The Morgan fingerprint density at radius 2 is 1.74 bits per heavy atom. The van der Waals surface area contributed by atoms with Gasteiger partial charge in [-0.2, -0.15) is 0 Å². The van der Waals surface area contributed by atoms with Crippen LogP contribution in [0.2, 0.25) is 0 Å². The zero-order valence-electron chi connectivity index (χ0n) is 14.0. The van der Waals surface area contributed by atoms with Gasteiger partial charge in [0.1, 0.15) is 23.8 Å². The molecule has 0 bridgehead atoms. The summed E-state index contributed by atoms with van der Waals surface area (Å²) in [6.45, 7) is 1.91. The molecule has 1 amide bonds. The fourth-order valence-electron chi connectivity index (χ4n) is 2.30. The lowest BCUT2D eigenvalue weighted by molar-refractivity contribution is 0.0991. The van der Waals surface area contributed by atoms with E-state index in [0.29, 0.717) is 5.75 Å². The largest absolute Gasteiger partial charge is 0.486 e. The molecule has 0 radical (unpaired) electrons. The molecule has 0 aliphatic carbocycles.